The third-order valence-corrected chi connectivity index (χ3v) is 6.81. The van der Waals surface area contributed by atoms with Gasteiger partial charge in [0.05, 0.1) is 19.7 Å². The van der Waals surface area contributed by atoms with Gasteiger partial charge in [0.15, 0.2) is 5.82 Å². The quantitative estimate of drug-likeness (QED) is 0.343. The number of aromatic nitrogens is 2. The maximum atomic E-state index is 13.4. The van der Waals surface area contributed by atoms with Crippen LogP contribution in [0.3, 0.4) is 0 Å². The van der Waals surface area contributed by atoms with E-state index in [1.165, 1.54) is 9.96 Å². The number of carbonyl (C=O) groups excluding carboxylic acids is 3. The number of hydroxylamine groups is 2. The van der Waals surface area contributed by atoms with Gasteiger partial charge in [0.2, 0.25) is 5.91 Å². The molecule has 2 unspecified atom stereocenters. The van der Waals surface area contributed by atoms with Crippen molar-refractivity contribution < 1.29 is 39.0 Å². The molecule has 214 valence electrons. The summed E-state index contributed by atoms with van der Waals surface area (Å²) in [6.07, 6.45) is -0.524. The summed E-state index contributed by atoms with van der Waals surface area (Å²) in [5, 5.41) is 22.9. The van der Waals surface area contributed by atoms with Crippen molar-refractivity contribution in [1.29, 1.82) is 0 Å². The van der Waals surface area contributed by atoms with Crippen molar-refractivity contribution in [1.82, 2.24) is 25.2 Å². The van der Waals surface area contributed by atoms with Crippen LogP contribution < -0.4 is 5.32 Å². The Bertz CT molecular complexity index is 1220. The number of piperazine rings is 1. The Balaban J connectivity index is 1.49. The summed E-state index contributed by atoms with van der Waals surface area (Å²) < 4.78 is 4.76. The van der Waals surface area contributed by atoms with Crippen LogP contribution in [0.1, 0.15) is 48.3 Å². The zero-order valence-corrected chi connectivity index (χ0v) is 22.2. The molecule has 2 heterocycles. The van der Waals surface area contributed by atoms with Crippen molar-refractivity contribution >= 4 is 23.9 Å². The van der Waals surface area contributed by atoms with Crippen LogP contribution in [0, 0.1) is 5.92 Å². The zero-order valence-electron chi connectivity index (χ0n) is 22.2. The minimum Gasteiger partial charge on any atom is -0.481 e. The molecule has 2 amide bonds. The van der Waals surface area contributed by atoms with Crippen LogP contribution in [-0.2, 0) is 19.2 Å². The van der Waals surface area contributed by atoms with Gasteiger partial charge in [-0.3, -0.25) is 14.4 Å². The minimum absolute atomic E-state index is 0.000394. The Morgan fingerprint density at radius 3 is 2.45 bits per heavy atom. The SMILES string of the molecule is CCOC(=O)ON1CCN(C(=O)[C@H](CCC(=O)O)NC(=O)c2cc(C3CC3CO)nc(-c3ccccc3)n2)CC1. The summed E-state index contributed by atoms with van der Waals surface area (Å²) in [7, 11) is 0. The van der Waals surface area contributed by atoms with E-state index in [0.29, 0.717) is 17.1 Å². The molecule has 2 aliphatic rings. The van der Waals surface area contributed by atoms with E-state index in [2.05, 4.69) is 15.3 Å². The molecular weight excluding hydrogens is 522 g/mol. The summed E-state index contributed by atoms with van der Waals surface area (Å²) in [4.78, 5) is 65.3. The fourth-order valence-corrected chi connectivity index (χ4v) is 4.53. The number of hydrogen-bond donors (Lipinski definition) is 3. The molecule has 0 bridgehead atoms. The molecule has 4 rings (SSSR count). The molecule has 40 heavy (non-hydrogen) atoms. The number of amides is 2. The first-order chi connectivity index (χ1) is 19.3. The molecule has 1 aliphatic heterocycles. The first-order valence-corrected chi connectivity index (χ1v) is 13.2. The molecule has 1 saturated carbocycles. The van der Waals surface area contributed by atoms with E-state index in [0.717, 1.165) is 6.42 Å². The monoisotopic (exact) mass is 555 g/mol. The van der Waals surface area contributed by atoms with Gasteiger partial charge in [-0.1, -0.05) is 30.3 Å². The maximum Gasteiger partial charge on any atom is 0.527 e. The van der Waals surface area contributed by atoms with E-state index in [4.69, 9.17) is 9.57 Å². The molecule has 3 atom stereocenters. The fraction of sp³-hybridized carbons (Fsp3) is 0.481. The number of nitrogens with one attached hydrogen (secondary N) is 1. The highest BCUT2D eigenvalue weighted by Gasteiger charge is 2.40. The number of carbonyl (C=O) groups is 4. The van der Waals surface area contributed by atoms with Gasteiger partial charge in [-0.05, 0) is 31.7 Å². The Hall–Kier alpha value is -4.10. The van der Waals surface area contributed by atoms with Crippen molar-refractivity contribution in [3.63, 3.8) is 0 Å². The Labute approximate surface area is 231 Å². The molecule has 3 N–H and O–H groups in total. The Morgan fingerprint density at radius 2 is 1.82 bits per heavy atom. The van der Waals surface area contributed by atoms with Gasteiger partial charge in [0.25, 0.3) is 5.91 Å². The molecule has 1 saturated heterocycles. The number of ether oxygens (including phenoxy) is 1. The number of rotatable bonds is 11. The minimum atomic E-state index is -1.11. The number of aliphatic hydroxyl groups is 1. The molecular formula is C27H33N5O8. The number of benzene rings is 1. The van der Waals surface area contributed by atoms with Gasteiger partial charge in [0, 0.05) is 43.3 Å². The number of aliphatic hydroxyl groups excluding tert-OH is 1. The normalized spacial score (nSPS) is 19.4. The van der Waals surface area contributed by atoms with Crippen molar-refractivity contribution in [2.75, 3.05) is 39.4 Å². The molecule has 2 fully saturated rings. The maximum absolute atomic E-state index is 13.4. The van der Waals surface area contributed by atoms with Crippen LogP contribution in [0.5, 0.6) is 0 Å². The lowest BCUT2D eigenvalue weighted by Gasteiger charge is -2.35. The third kappa shape index (κ3) is 7.51. The summed E-state index contributed by atoms with van der Waals surface area (Å²) in [6.45, 7) is 2.72. The second kappa shape index (κ2) is 13.3. The van der Waals surface area contributed by atoms with Crippen molar-refractivity contribution in [2.45, 2.75) is 38.1 Å². The number of carboxylic acids is 1. The molecule has 1 aromatic carbocycles. The average molecular weight is 556 g/mol. The van der Waals surface area contributed by atoms with E-state index >= 15 is 0 Å². The smallest absolute Gasteiger partial charge is 0.481 e. The second-order valence-electron chi connectivity index (χ2n) is 9.64. The Morgan fingerprint density at radius 1 is 1.10 bits per heavy atom. The molecule has 0 radical (unpaired) electrons. The van der Waals surface area contributed by atoms with Gasteiger partial charge < -0.3 is 30.0 Å². The number of nitrogens with zero attached hydrogens (tertiary/aromatic N) is 4. The molecule has 2 aromatic rings. The average Bonchev–Trinajstić information content (AvgIpc) is 3.76. The predicted molar refractivity (Wildman–Crippen MR) is 140 cm³/mol. The van der Waals surface area contributed by atoms with Gasteiger partial charge in [-0.25, -0.2) is 14.8 Å². The summed E-state index contributed by atoms with van der Waals surface area (Å²) >= 11 is 0. The van der Waals surface area contributed by atoms with Crippen molar-refractivity contribution in [3.05, 3.63) is 47.8 Å². The van der Waals surface area contributed by atoms with E-state index in [-0.39, 0.29) is 69.8 Å². The largest absolute Gasteiger partial charge is 0.527 e. The highest BCUT2D eigenvalue weighted by molar-refractivity contribution is 5.96. The first kappa shape index (κ1) is 28.9. The van der Waals surface area contributed by atoms with Crippen LogP contribution in [0.2, 0.25) is 0 Å². The van der Waals surface area contributed by atoms with Gasteiger partial charge in [0.1, 0.15) is 11.7 Å². The topological polar surface area (TPSA) is 171 Å². The van der Waals surface area contributed by atoms with E-state index in [1.807, 2.05) is 30.3 Å². The molecule has 1 aliphatic carbocycles. The van der Waals surface area contributed by atoms with Gasteiger partial charge >= 0.3 is 12.1 Å². The van der Waals surface area contributed by atoms with E-state index in [9.17, 15) is 29.4 Å². The fourth-order valence-electron chi connectivity index (χ4n) is 4.53. The molecule has 0 spiro atoms. The predicted octanol–water partition coefficient (Wildman–Crippen LogP) is 1.43. The van der Waals surface area contributed by atoms with Crippen LogP contribution in [0.15, 0.2) is 36.4 Å². The van der Waals surface area contributed by atoms with Crippen LogP contribution in [-0.4, -0.2) is 99.5 Å². The molecule has 1 aromatic heterocycles. The summed E-state index contributed by atoms with van der Waals surface area (Å²) in [5.41, 5.74) is 1.39. The first-order valence-electron chi connectivity index (χ1n) is 13.2. The van der Waals surface area contributed by atoms with Gasteiger partial charge in [-0.15, -0.1) is 5.06 Å². The highest BCUT2D eigenvalue weighted by atomic mass is 16.8. The number of aliphatic carboxylic acids is 1. The molecule has 13 nitrogen and oxygen atoms in total. The van der Waals surface area contributed by atoms with Crippen LogP contribution >= 0.6 is 0 Å². The van der Waals surface area contributed by atoms with Gasteiger partial charge in [-0.2, -0.15) is 0 Å². The lowest BCUT2D eigenvalue weighted by Crippen LogP contribution is -2.55. The highest BCUT2D eigenvalue weighted by Crippen LogP contribution is 2.46. The van der Waals surface area contributed by atoms with E-state index < -0.39 is 30.0 Å². The standard InChI is InChI=1S/C27H33N5O8/c1-2-39-27(38)40-32-12-10-31(11-13-32)26(37)20(8-9-23(34)35)30-25(36)22-15-21(19-14-18(19)16-33)28-24(29-22)17-6-4-3-5-7-17/h3-7,15,18-20,33H,2,8-14,16H2,1H3,(H,30,36)(H,34,35)/t18?,19?,20-/m0/s1. The zero-order chi connectivity index (χ0) is 28.6. The Kier molecular flexibility index (Phi) is 9.61. The summed E-state index contributed by atoms with van der Waals surface area (Å²) in [5.74, 6) is -1.76. The number of hydrogen-bond acceptors (Lipinski definition) is 10. The lowest BCUT2D eigenvalue weighted by molar-refractivity contribution is -0.157. The second-order valence-corrected chi connectivity index (χ2v) is 9.64. The lowest BCUT2D eigenvalue weighted by atomic mass is 10.1. The number of carboxylic acid groups (broad SMARTS) is 1. The van der Waals surface area contributed by atoms with Crippen LogP contribution in [0.4, 0.5) is 4.79 Å². The van der Waals surface area contributed by atoms with Crippen molar-refractivity contribution in [2.24, 2.45) is 5.92 Å². The van der Waals surface area contributed by atoms with Crippen LogP contribution in [0.25, 0.3) is 11.4 Å². The summed E-state index contributed by atoms with van der Waals surface area (Å²) in [6, 6.07) is 9.61. The van der Waals surface area contributed by atoms with Crippen molar-refractivity contribution in [3.8, 4) is 11.4 Å². The third-order valence-electron chi connectivity index (χ3n) is 6.81. The molecule has 13 heteroatoms. The van der Waals surface area contributed by atoms with E-state index in [1.54, 1.807) is 13.0 Å².